The SMILES string of the molecule is CC(C)(C)c1ccc(OCCO)c(C(F)(F)F)c1. The van der Waals surface area contributed by atoms with Gasteiger partial charge in [-0.1, -0.05) is 26.8 Å². The Morgan fingerprint density at radius 3 is 2.22 bits per heavy atom. The molecule has 0 aliphatic heterocycles. The molecule has 0 amide bonds. The zero-order chi connectivity index (χ0) is 14.0. The van der Waals surface area contributed by atoms with Gasteiger partial charge in [0.1, 0.15) is 12.4 Å². The first-order valence-corrected chi connectivity index (χ1v) is 5.61. The third kappa shape index (κ3) is 3.63. The summed E-state index contributed by atoms with van der Waals surface area (Å²) in [5.74, 6) is -0.246. The van der Waals surface area contributed by atoms with Crippen LogP contribution in [0.15, 0.2) is 18.2 Å². The van der Waals surface area contributed by atoms with Crippen LogP contribution in [-0.2, 0) is 11.6 Å². The molecule has 0 saturated heterocycles. The third-order valence-electron chi connectivity index (χ3n) is 2.50. The fraction of sp³-hybridized carbons (Fsp3) is 0.538. The number of hydrogen-bond acceptors (Lipinski definition) is 2. The van der Waals surface area contributed by atoms with E-state index in [4.69, 9.17) is 9.84 Å². The predicted octanol–water partition coefficient (Wildman–Crippen LogP) is 3.37. The highest BCUT2D eigenvalue weighted by Crippen LogP contribution is 2.38. The zero-order valence-electron chi connectivity index (χ0n) is 10.6. The van der Waals surface area contributed by atoms with Crippen molar-refractivity contribution >= 4 is 0 Å². The lowest BCUT2D eigenvalue weighted by molar-refractivity contribution is -0.139. The first kappa shape index (κ1) is 14.8. The van der Waals surface area contributed by atoms with E-state index in [0.29, 0.717) is 5.56 Å². The second kappa shape index (κ2) is 5.18. The van der Waals surface area contributed by atoms with Gasteiger partial charge >= 0.3 is 6.18 Å². The van der Waals surface area contributed by atoms with Gasteiger partial charge in [0.25, 0.3) is 0 Å². The quantitative estimate of drug-likeness (QED) is 0.905. The zero-order valence-corrected chi connectivity index (χ0v) is 10.6. The van der Waals surface area contributed by atoms with Crippen molar-refractivity contribution in [2.45, 2.75) is 32.4 Å². The molecule has 5 heteroatoms. The number of rotatable bonds is 3. The second-order valence-electron chi connectivity index (χ2n) is 5.03. The van der Waals surface area contributed by atoms with Crippen LogP contribution in [0.25, 0.3) is 0 Å². The maximum atomic E-state index is 12.9. The number of aliphatic hydroxyl groups excluding tert-OH is 1. The van der Waals surface area contributed by atoms with E-state index < -0.39 is 11.7 Å². The Balaban J connectivity index is 3.21. The van der Waals surface area contributed by atoms with Gasteiger partial charge in [0.05, 0.1) is 12.2 Å². The Kier molecular flexibility index (Phi) is 4.27. The van der Waals surface area contributed by atoms with Crippen molar-refractivity contribution in [1.82, 2.24) is 0 Å². The van der Waals surface area contributed by atoms with Crippen LogP contribution in [0.2, 0.25) is 0 Å². The Hall–Kier alpha value is -1.23. The van der Waals surface area contributed by atoms with E-state index in [2.05, 4.69) is 0 Å². The number of halogens is 3. The number of ether oxygens (including phenoxy) is 1. The lowest BCUT2D eigenvalue weighted by Gasteiger charge is -2.22. The van der Waals surface area contributed by atoms with Crippen LogP contribution in [0.4, 0.5) is 13.2 Å². The Bertz CT molecular complexity index is 406. The van der Waals surface area contributed by atoms with Gasteiger partial charge in [0, 0.05) is 0 Å². The van der Waals surface area contributed by atoms with Gasteiger partial charge in [0.2, 0.25) is 0 Å². The van der Waals surface area contributed by atoms with Gasteiger partial charge in [-0.15, -0.1) is 0 Å². The summed E-state index contributed by atoms with van der Waals surface area (Å²) in [5.41, 5.74) is -0.579. The average Bonchev–Trinajstić information content (AvgIpc) is 2.23. The molecule has 0 bridgehead atoms. The van der Waals surface area contributed by atoms with E-state index in [9.17, 15) is 13.2 Å². The smallest absolute Gasteiger partial charge is 0.419 e. The Morgan fingerprint density at radius 1 is 1.17 bits per heavy atom. The summed E-state index contributed by atoms with van der Waals surface area (Å²) in [5, 5.41) is 8.60. The van der Waals surface area contributed by atoms with Crippen molar-refractivity contribution in [3.05, 3.63) is 29.3 Å². The lowest BCUT2D eigenvalue weighted by Crippen LogP contribution is -2.16. The molecule has 18 heavy (non-hydrogen) atoms. The van der Waals surface area contributed by atoms with Gasteiger partial charge in [-0.3, -0.25) is 0 Å². The number of benzene rings is 1. The standard InChI is InChI=1S/C13H17F3O2/c1-12(2,3)9-4-5-11(18-7-6-17)10(8-9)13(14,15)16/h4-5,8,17H,6-7H2,1-3H3. The van der Waals surface area contributed by atoms with Crippen molar-refractivity contribution in [2.24, 2.45) is 0 Å². The molecule has 1 rings (SSSR count). The second-order valence-corrected chi connectivity index (χ2v) is 5.03. The first-order chi connectivity index (χ1) is 8.16. The maximum absolute atomic E-state index is 12.9. The molecule has 0 unspecified atom stereocenters. The molecule has 1 N–H and O–H groups in total. The molecular weight excluding hydrogens is 245 g/mol. The Labute approximate surface area is 104 Å². The molecular formula is C13H17F3O2. The molecule has 0 heterocycles. The van der Waals surface area contributed by atoms with Gasteiger partial charge in [0.15, 0.2) is 0 Å². The molecule has 2 nitrogen and oxygen atoms in total. The summed E-state index contributed by atoms with van der Waals surface area (Å²) in [6, 6.07) is 4.02. The van der Waals surface area contributed by atoms with Gasteiger partial charge < -0.3 is 9.84 Å². The van der Waals surface area contributed by atoms with Gasteiger partial charge in [-0.05, 0) is 23.1 Å². The van der Waals surface area contributed by atoms with Crippen LogP contribution in [0, 0.1) is 0 Å². The normalized spacial score (nSPS) is 12.6. The molecule has 0 saturated carbocycles. The number of alkyl halides is 3. The van der Waals surface area contributed by atoms with Crippen LogP contribution in [0.1, 0.15) is 31.9 Å². The van der Waals surface area contributed by atoms with E-state index in [1.54, 1.807) is 6.07 Å². The summed E-state index contributed by atoms with van der Waals surface area (Å²) in [7, 11) is 0. The molecule has 0 fully saturated rings. The van der Waals surface area contributed by atoms with Gasteiger partial charge in [-0.2, -0.15) is 13.2 Å². The van der Waals surface area contributed by atoms with E-state index in [1.807, 2.05) is 20.8 Å². The highest BCUT2D eigenvalue weighted by atomic mass is 19.4. The minimum atomic E-state index is -4.47. The maximum Gasteiger partial charge on any atom is 0.419 e. The van der Waals surface area contributed by atoms with Crippen molar-refractivity contribution < 1.29 is 23.0 Å². The molecule has 102 valence electrons. The first-order valence-electron chi connectivity index (χ1n) is 5.61. The third-order valence-corrected chi connectivity index (χ3v) is 2.50. The predicted molar refractivity (Wildman–Crippen MR) is 62.7 cm³/mol. The number of hydrogen-bond donors (Lipinski definition) is 1. The van der Waals surface area contributed by atoms with Crippen molar-refractivity contribution in [1.29, 1.82) is 0 Å². The average molecular weight is 262 g/mol. The minimum absolute atomic E-state index is 0.155. The van der Waals surface area contributed by atoms with Crippen molar-refractivity contribution in [2.75, 3.05) is 13.2 Å². The molecule has 0 aromatic heterocycles. The number of aliphatic hydroxyl groups is 1. The van der Waals surface area contributed by atoms with Crippen LogP contribution in [-0.4, -0.2) is 18.3 Å². The van der Waals surface area contributed by atoms with Gasteiger partial charge in [-0.25, -0.2) is 0 Å². The fourth-order valence-electron chi connectivity index (χ4n) is 1.50. The molecule has 0 atom stereocenters. The molecule has 1 aromatic carbocycles. The lowest BCUT2D eigenvalue weighted by atomic mass is 9.86. The largest absolute Gasteiger partial charge is 0.491 e. The molecule has 0 radical (unpaired) electrons. The summed E-state index contributed by atoms with van der Waals surface area (Å²) in [6.07, 6.45) is -4.47. The van der Waals surface area contributed by atoms with Crippen LogP contribution < -0.4 is 4.74 Å². The summed E-state index contributed by atoms with van der Waals surface area (Å²) < 4.78 is 43.6. The monoisotopic (exact) mass is 262 g/mol. The van der Waals surface area contributed by atoms with Crippen molar-refractivity contribution in [3.8, 4) is 5.75 Å². The van der Waals surface area contributed by atoms with Crippen LogP contribution >= 0.6 is 0 Å². The van der Waals surface area contributed by atoms with E-state index >= 15 is 0 Å². The summed E-state index contributed by atoms with van der Waals surface area (Å²) in [6.45, 7) is 5.06. The minimum Gasteiger partial charge on any atom is -0.491 e. The highest BCUT2D eigenvalue weighted by molar-refractivity contribution is 5.41. The molecule has 0 aliphatic rings. The van der Waals surface area contributed by atoms with Crippen LogP contribution in [0.3, 0.4) is 0 Å². The van der Waals surface area contributed by atoms with Crippen molar-refractivity contribution in [3.63, 3.8) is 0 Å². The topological polar surface area (TPSA) is 29.5 Å². The summed E-state index contributed by atoms with van der Waals surface area (Å²) >= 11 is 0. The molecule has 1 aromatic rings. The Morgan fingerprint density at radius 2 is 1.78 bits per heavy atom. The fourth-order valence-corrected chi connectivity index (χ4v) is 1.50. The van der Waals surface area contributed by atoms with E-state index in [1.165, 1.54) is 6.07 Å². The van der Waals surface area contributed by atoms with E-state index in [-0.39, 0.29) is 24.4 Å². The molecule has 0 spiro atoms. The summed E-state index contributed by atoms with van der Waals surface area (Å²) in [4.78, 5) is 0. The molecule has 0 aliphatic carbocycles. The highest BCUT2D eigenvalue weighted by Gasteiger charge is 2.35. The van der Waals surface area contributed by atoms with E-state index in [0.717, 1.165) is 6.07 Å². The van der Waals surface area contributed by atoms with Crippen LogP contribution in [0.5, 0.6) is 5.75 Å².